The lowest BCUT2D eigenvalue weighted by Gasteiger charge is -2.02. The number of aromatic nitrogens is 2. The van der Waals surface area contributed by atoms with Gasteiger partial charge < -0.3 is 4.57 Å². The highest BCUT2D eigenvalue weighted by Crippen LogP contribution is 2.40. The van der Waals surface area contributed by atoms with Gasteiger partial charge in [-0.2, -0.15) is 0 Å². The third-order valence-electron chi connectivity index (χ3n) is 2.60. The summed E-state index contributed by atoms with van der Waals surface area (Å²) in [5.74, 6) is -0.306. The van der Waals surface area contributed by atoms with E-state index in [9.17, 15) is 4.39 Å². The second-order valence-electron chi connectivity index (χ2n) is 3.74. The Kier molecular flexibility index (Phi) is 2.04. The minimum atomic E-state index is -0.306. The summed E-state index contributed by atoms with van der Waals surface area (Å²) in [4.78, 5) is 4.14. The number of halogens is 3. The van der Waals surface area contributed by atoms with E-state index in [1.165, 1.54) is 6.07 Å². The van der Waals surface area contributed by atoms with Crippen LogP contribution in [-0.2, 0) is 0 Å². The van der Waals surface area contributed by atoms with E-state index >= 15 is 0 Å². The molecule has 0 N–H and O–H groups in total. The van der Waals surface area contributed by atoms with Gasteiger partial charge in [-0.15, -0.1) is 0 Å². The summed E-state index contributed by atoms with van der Waals surface area (Å²) in [5.41, 5.74) is 1.52. The van der Waals surface area contributed by atoms with Gasteiger partial charge >= 0.3 is 0 Å². The highest BCUT2D eigenvalue weighted by molar-refractivity contribution is 9.10. The fourth-order valence-electron chi connectivity index (χ4n) is 1.74. The summed E-state index contributed by atoms with van der Waals surface area (Å²) in [7, 11) is 0. The molecule has 1 heterocycles. The van der Waals surface area contributed by atoms with Crippen molar-refractivity contribution in [2.24, 2.45) is 0 Å². The zero-order valence-corrected chi connectivity index (χ0v) is 10.0. The minimum absolute atomic E-state index is 0.306. The molecule has 0 atom stereocenters. The molecule has 0 bridgehead atoms. The Morgan fingerprint density at radius 2 is 2.20 bits per heavy atom. The van der Waals surface area contributed by atoms with Crippen LogP contribution in [0.25, 0.3) is 11.0 Å². The molecule has 1 fully saturated rings. The first-order valence-electron chi connectivity index (χ1n) is 4.69. The maximum absolute atomic E-state index is 13.3. The smallest absolute Gasteiger partial charge is 0.204 e. The van der Waals surface area contributed by atoms with Crippen molar-refractivity contribution in [3.8, 4) is 0 Å². The summed E-state index contributed by atoms with van der Waals surface area (Å²) in [5, 5.41) is 0.449. The molecule has 1 aliphatic rings. The molecule has 0 aliphatic heterocycles. The normalized spacial score (nSPS) is 16.2. The molecule has 0 spiro atoms. The van der Waals surface area contributed by atoms with Gasteiger partial charge in [0, 0.05) is 12.1 Å². The van der Waals surface area contributed by atoms with E-state index < -0.39 is 0 Å². The Labute approximate surface area is 99.2 Å². The van der Waals surface area contributed by atoms with Gasteiger partial charge in [-0.1, -0.05) is 0 Å². The van der Waals surface area contributed by atoms with Crippen LogP contribution in [0.4, 0.5) is 4.39 Å². The molecule has 2 aromatic rings. The second kappa shape index (κ2) is 3.19. The first-order chi connectivity index (χ1) is 7.16. The van der Waals surface area contributed by atoms with Crippen molar-refractivity contribution in [3.63, 3.8) is 0 Å². The van der Waals surface area contributed by atoms with Crippen LogP contribution >= 0.6 is 27.5 Å². The first-order valence-corrected chi connectivity index (χ1v) is 5.86. The van der Waals surface area contributed by atoms with Gasteiger partial charge in [-0.3, -0.25) is 0 Å². The summed E-state index contributed by atoms with van der Waals surface area (Å²) >= 11 is 9.19. The first kappa shape index (κ1) is 9.60. The summed E-state index contributed by atoms with van der Waals surface area (Å²) in [6, 6.07) is 3.59. The number of benzene rings is 1. The Morgan fingerprint density at radius 1 is 1.47 bits per heavy atom. The lowest BCUT2D eigenvalue weighted by molar-refractivity contribution is 0.622. The average molecular weight is 290 g/mol. The van der Waals surface area contributed by atoms with Crippen molar-refractivity contribution >= 4 is 38.6 Å². The Hall–Kier alpha value is -0.610. The quantitative estimate of drug-likeness (QED) is 0.778. The van der Waals surface area contributed by atoms with Crippen molar-refractivity contribution in [3.05, 3.63) is 27.7 Å². The number of fused-ring (bicyclic) bond motifs is 1. The Morgan fingerprint density at radius 3 is 2.87 bits per heavy atom. The Bertz CT molecular complexity index is 548. The van der Waals surface area contributed by atoms with Crippen molar-refractivity contribution < 1.29 is 4.39 Å². The van der Waals surface area contributed by atoms with E-state index in [1.54, 1.807) is 6.07 Å². The Balaban J connectivity index is 2.34. The van der Waals surface area contributed by atoms with Crippen LogP contribution in [0, 0.1) is 5.82 Å². The molecule has 0 amide bonds. The van der Waals surface area contributed by atoms with Crippen molar-refractivity contribution in [2.75, 3.05) is 0 Å². The summed E-state index contributed by atoms with van der Waals surface area (Å²) < 4.78 is 15.7. The monoisotopic (exact) mass is 288 g/mol. The zero-order chi connectivity index (χ0) is 10.6. The third-order valence-corrected chi connectivity index (χ3v) is 3.47. The third kappa shape index (κ3) is 1.47. The van der Waals surface area contributed by atoms with Crippen LogP contribution in [0.15, 0.2) is 16.6 Å². The molecular weight excluding hydrogens is 282 g/mol. The fraction of sp³-hybridized carbons (Fsp3) is 0.300. The van der Waals surface area contributed by atoms with E-state index in [2.05, 4.69) is 20.9 Å². The van der Waals surface area contributed by atoms with Crippen LogP contribution in [-0.4, -0.2) is 9.55 Å². The molecule has 1 aromatic heterocycles. The highest BCUT2D eigenvalue weighted by Gasteiger charge is 2.28. The highest BCUT2D eigenvalue weighted by atomic mass is 79.9. The zero-order valence-electron chi connectivity index (χ0n) is 7.67. The SMILES string of the molecule is Fc1cc2nc(Cl)n(C3CC3)c2cc1Br. The standard InChI is InChI=1S/C10H7BrClFN2/c11-6-3-9-8(4-7(6)13)14-10(12)15(9)5-1-2-5/h3-5H,1-2H2. The van der Waals surface area contributed by atoms with Gasteiger partial charge in [0.2, 0.25) is 5.28 Å². The molecule has 3 rings (SSSR count). The molecule has 78 valence electrons. The topological polar surface area (TPSA) is 17.8 Å². The minimum Gasteiger partial charge on any atom is -0.311 e. The van der Waals surface area contributed by atoms with Crippen LogP contribution in [0.1, 0.15) is 18.9 Å². The maximum atomic E-state index is 13.3. The molecule has 1 aromatic carbocycles. The van der Waals surface area contributed by atoms with Gasteiger partial charge in [-0.25, -0.2) is 9.37 Å². The molecular formula is C10H7BrClFN2. The molecule has 5 heteroatoms. The molecule has 1 aliphatic carbocycles. The predicted molar refractivity (Wildman–Crippen MR) is 60.7 cm³/mol. The molecule has 0 radical (unpaired) electrons. The van der Waals surface area contributed by atoms with E-state index in [0.717, 1.165) is 18.4 Å². The number of rotatable bonds is 1. The van der Waals surface area contributed by atoms with E-state index in [-0.39, 0.29) is 5.82 Å². The summed E-state index contributed by atoms with van der Waals surface area (Å²) in [6.07, 6.45) is 2.25. The lowest BCUT2D eigenvalue weighted by atomic mass is 10.3. The lowest BCUT2D eigenvalue weighted by Crippen LogP contribution is -1.93. The van der Waals surface area contributed by atoms with Crippen molar-refractivity contribution in [1.29, 1.82) is 0 Å². The number of imidazole rings is 1. The maximum Gasteiger partial charge on any atom is 0.204 e. The average Bonchev–Trinajstić information content (AvgIpc) is 2.93. The van der Waals surface area contributed by atoms with Gasteiger partial charge in [0.1, 0.15) is 5.82 Å². The van der Waals surface area contributed by atoms with Crippen molar-refractivity contribution in [1.82, 2.24) is 9.55 Å². The van der Waals surface area contributed by atoms with Gasteiger partial charge in [0.15, 0.2) is 0 Å². The van der Waals surface area contributed by atoms with Gasteiger partial charge in [-0.05, 0) is 46.4 Å². The molecule has 15 heavy (non-hydrogen) atoms. The molecule has 0 unspecified atom stereocenters. The van der Waals surface area contributed by atoms with E-state index in [0.29, 0.717) is 21.3 Å². The number of hydrogen-bond acceptors (Lipinski definition) is 1. The summed E-state index contributed by atoms with van der Waals surface area (Å²) in [6.45, 7) is 0. The van der Waals surface area contributed by atoms with Crippen LogP contribution < -0.4 is 0 Å². The molecule has 2 nitrogen and oxygen atoms in total. The van der Waals surface area contributed by atoms with Crippen LogP contribution in [0.5, 0.6) is 0 Å². The van der Waals surface area contributed by atoms with E-state index in [4.69, 9.17) is 11.6 Å². The van der Waals surface area contributed by atoms with E-state index in [1.807, 2.05) is 4.57 Å². The second-order valence-corrected chi connectivity index (χ2v) is 4.93. The van der Waals surface area contributed by atoms with Crippen LogP contribution in [0.3, 0.4) is 0 Å². The number of nitrogens with zero attached hydrogens (tertiary/aromatic N) is 2. The largest absolute Gasteiger partial charge is 0.311 e. The van der Waals surface area contributed by atoms with Crippen LogP contribution in [0.2, 0.25) is 5.28 Å². The molecule has 0 saturated heterocycles. The fourth-order valence-corrected chi connectivity index (χ4v) is 2.39. The van der Waals surface area contributed by atoms with Gasteiger partial charge in [0.05, 0.1) is 15.5 Å². The van der Waals surface area contributed by atoms with Gasteiger partial charge in [0.25, 0.3) is 0 Å². The molecule has 1 saturated carbocycles. The number of hydrogen-bond donors (Lipinski definition) is 0. The predicted octanol–water partition coefficient (Wildman–Crippen LogP) is 3.93. The van der Waals surface area contributed by atoms with Crippen molar-refractivity contribution in [2.45, 2.75) is 18.9 Å².